The van der Waals surface area contributed by atoms with Crippen molar-refractivity contribution in [2.24, 2.45) is 0 Å². The van der Waals surface area contributed by atoms with Crippen LogP contribution in [0.1, 0.15) is 12.8 Å². The van der Waals surface area contributed by atoms with Crippen molar-refractivity contribution in [2.75, 3.05) is 30.4 Å². The number of anilines is 3. The lowest BCUT2D eigenvalue weighted by Crippen LogP contribution is -2.17. The maximum absolute atomic E-state index is 6.44. The summed E-state index contributed by atoms with van der Waals surface area (Å²) < 4.78 is 7.49. The smallest absolute Gasteiger partial charge is 0.227 e. The third-order valence-corrected chi connectivity index (χ3v) is 5.58. The Morgan fingerprint density at radius 2 is 1.93 bits per heavy atom. The number of imidazole rings is 1. The molecule has 8 heteroatoms. The predicted octanol–water partition coefficient (Wildman–Crippen LogP) is 4.80. The largest absolute Gasteiger partial charge is 0.495 e. The summed E-state index contributed by atoms with van der Waals surface area (Å²) in [7, 11) is 1.66. The Balaban J connectivity index is 1.51. The van der Waals surface area contributed by atoms with Crippen LogP contribution in [0.15, 0.2) is 55.0 Å². The number of nitrogens with zero attached hydrogens (tertiary/aromatic N) is 5. The molecule has 1 aromatic carbocycles. The number of aromatic nitrogens is 4. The van der Waals surface area contributed by atoms with Crippen molar-refractivity contribution in [1.29, 1.82) is 0 Å². The Morgan fingerprint density at radius 3 is 2.77 bits per heavy atom. The highest BCUT2D eigenvalue weighted by Gasteiger charge is 2.17. The molecule has 0 bridgehead atoms. The number of methoxy groups -OCH3 is 1. The van der Waals surface area contributed by atoms with Crippen LogP contribution in [-0.2, 0) is 0 Å². The Kier molecular flexibility index (Phi) is 4.88. The SMILES string of the molecule is COc1ccc(N2CCCC2)cc1Nc1ncc(Cl)c(-c2cnc3ccccn23)n1. The van der Waals surface area contributed by atoms with Gasteiger partial charge >= 0.3 is 0 Å². The van der Waals surface area contributed by atoms with Gasteiger partial charge in [0.1, 0.15) is 17.1 Å². The molecular formula is C22H21ClN6O. The summed E-state index contributed by atoms with van der Waals surface area (Å²) in [6, 6.07) is 12.0. The molecule has 1 saturated heterocycles. The molecule has 0 aliphatic carbocycles. The first-order valence-corrected chi connectivity index (χ1v) is 10.3. The van der Waals surface area contributed by atoms with Gasteiger partial charge in [-0.25, -0.2) is 15.0 Å². The first-order valence-electron chi connectivity index (χ1n) is 9.88. The van der Waals surface area contributed by atoms with Crippen LogP contribution >= 0.6 is 11.6 Å². The number of halogens is 1. The van der Waals surface area contributed by atoms with Crippen LogP contribution in [0.5, 0.6) is 5.75 Å². The van der Waals surface area contributed by atoms with Gasteiger partial charge in [0.2, 0.25) is 5.95 Å². The van der Waals surface area contributed by atoms with Crippen LogP contribution in [0.2, 0.25) is 5.02 Å². The van der Waals surface area contributed by atoms with Crippen molar-refractivity contribution in [3.8, 4) is 17.1 Å². The van der Waals surface area contributed by atoms with Crippen molar-refractivity contribution in [3.05, 3.63) is 60.0 Å². The molecule has 0 unspecified atom stereocenters. The molecule has 3 aromatic heterocycles. The second-order valence-corrected chi connectivity index (χ2v) is 7.57. The Hall–Kier alpha value is -3.32. The van der Waals surface area contributed by atoms with E-state index < -0.39 is 0 Å². The number of hydrogen-bond acceptors (Lipinski definition) is 6. The monoisotopic (exact) mass is 420 g/mol. The Morgan fingerprint density at radius 1 is 1.07 bits per heavy atom. The van der Waals surface area contributed by atoms with Gasteiger partial charge in [0, 0.05) is 25.0 Å². The van der Waals surface area contributed by atoms with E-state index in [-0.39, 0.29) is 0 Å². The normalized spacial score (nSPS) is 13.7. The first-order chi connectivity index (χ1) is 14.7. The van der Waals surface area contributed by atoms with Gasteiger partial charge in [-0.1, -0.05) is 17.7 Å². The first kappa shape index (κ1) is 18.7. The van der Waals surface area contributed by atoms with Gasteiger partial charge in [0.15, 0.2) is 0 Å². The van der Waals surface area contributed by atoms with Crippen molar-refractivity contribution in [1.82, 2.24) is 19.4 Å². The molecule has 152 valence electrons. The van der Waals surface area contributed by atoms with E-state index >= 15 is 0 Å². The standard InChI is InChI=1S/C22H21ClN6O/c1-30-19-8-7-15(28-9-4-5-10-28)12-17(19)26-22-25-13-16(23)21(27-22)18-14-24-20-6-2-3-11-29(18)20/h2-3,6-8,11-14H,4-5,9-10H2,1H3,(H,25,26,27). The molecule has 5 rings (SSSR count). The molecule has 1 aliphatic rings. The fourth-order valence-electron chi connectivity index (χ4n) is 3.80. The molecule has 0 saturated carbocycles. The summed E-state index contributed by atoms with van der Waals surface area (Å²) in [6.45, 7) is 2.14. The zero-order chi connectivity index (χ0) is 20.5. The number of benzene rings is 1. The second kappa shape index (κ2) is 7.84. The maximum atomic E-state index is 6.44. The Bertz CT molecular complexity index is 1200. The maximum Gasteiger partial charge on any atom is 0.227 e. The van der Waals surface area contributed by atoms with Gasteiger partial charge in [-0.15, -0.1) is 0 Å². The van der Waals surface area contributed by atoms with Gasteiger partial charge in [-0.2, -0.15) is 0 Å². The third-order valence-electron chi connectivity index (χ3n) is 5.30. The van der Waals surface area contributed by atoms with E-state index in [0.717, 1.165) is 41.6 Å². The van der Waals surface area contributed by atoms with Gasteiger partial charge < -0.3 is 15.0 Å². The van der Waals surface area contributed by atoms with Crippen LogP contribution in [0.25, 0.3) is 17.0 Å². The summed E-state index contributed by atoms with van der Waals surface area (Å²) in [5.41, 5.74) is 4.22. The quantitative estimate of drug-likeness (QED) is 0.500. The lowest BCUT2D eigenvalue weighted by Gasteiger charge is -2.20. The molecule has 7 nitrogen and oxygen atoms in total. The van der Waals surface area contributed by atoms with E-state index in [0.29, 0.717) is 16.7 Å². The highest BCUT2D eigenvalue weighted by atomic mass is 35.5. The van der Waals surface area contributed by atoms with E-state index in [2.05, 4.69) is 37.3 Å². The average molecular weight is 421 g/mol. The van der Waals surface area contributed by atoms with Crippen molar-refractivity contribution >= 4 is 34.6 Å². The fraction of sp³-hybridized carbons (Fsp3) is 0.227. The van der Waals surface area contributed by atoms with Gasteiger partial charge in [0.05, 0.1) is 35.9 Å². The Labute approximate surface area is 179 Å². The molecule has 4 heterocycles. The molecule has 4 aromatic rings. The van der Waals surface area contributed by atoms with Crippen LogP contribution in [0.3, 0.4) is 0 Å². The van der Waals surface area contributed by atoms with Crippen LogP contribution in [0.4, 0.5) is 17.3 Å². The minimum atomic E-state index is 0.442. The average Bonchev–Trinajstić information content (AvgIpc) is 3.45. The number of rotatable bonds is 5. The molecule has 30 heavy (non-hydrogen) atoms. The molecule has 1 fully saturated rings. The summed E-state index contributed by atoms with van der Waals surface area (Å²) >= 11 is 6.44. The van der Waals surface area contributed by atoms with Crippen molar-refractivity contribution in [3.63, 3.8) is 0 Å². The van der Waals surface area contributed by atoms with E-state index in [9.17, 15) is 0 Å². The van der Waals surface area contributed by atoms with E-state index in [4.69, 9.17) is 16.3 Å². The van der Waals surface area contributed by atoms with Crippen molar-refractivity contribution in [2.45, 2.75) is 12.8 Å². The minimum absolute atomic E-state index is 0.442. The third kappa shape index (κ3) is 3.41. The molecule has 0 spiro atoms. The van der Waals surface area contributed by atoms with E-state index in [1.54, 1.807) is 19.5 Å². The summed E-state index contributed by atoms with van der Waals surface area (Å²) in [5, 5.41) is 3.76. The van der Waals surface area contributed by atoms with Gasteiger partial charge in [0.25, 0.3) is 0 Å². The van der Waals surface area contributed by atoms with E-state index in [1.165, 1.54) is 12.8 Å². The summed E-state index contributed by atoms with van der Waals surface area (Å²) in [4.78, 5) is 15.9. The number of hydrogen-bond donors (Lipinski definition) is 1. The summed E-state index contributed by atoms with van der Waals surface area (Å²) in [6.07, 6.45) is 7.74. The molecule has 0 atom stereocenters. The molecular weight excluding hydrogens is 400 g/mol. The number of pyridine rings is 1. The van der Waals surface area contributed by atoms with E-state index in [1.807, 2.05) is 34.9 Å². The van der Waals surface area contributed by atoms with Crippen LogP contribution < -0.4 is 15.0 Å². The van der Waals surface area contributed by atoms with Gasteiger partial charge in [-0.05, 0) is 43.2 Å². The predicted molar refractivity (Wildman–Crippen MR) is 119 cm³/mol. The zero-order valence-corrected chi connectivity index (χ0v) is 17.3. The molecule has 1 N–H and O–H groups in total. The second-order valence-electron chi connectivity index (χ2n) is 7.17. The molecule has 0 radical (unpaired) electrons. The zero-order valence-electron chi connectivity index (χ0n) is 16.5. The summed E-state index contributed by atoms with van der Waals surface area (Å²) in [5.74, 6) is 1.17. The van der Waals surface area contributed by atoms with Crippen LogP contribution in [-0.4, -0.2) is 39.6 Å². The molecule has 0 amide bonds. The fourth-order valence-corrected chi connectivity index (χ4v) is 3.99. The topological polar surface area (TPSA) is 67.6 Å². The highest BCUT2D eigenvalue weighted by molar-refractivity contribution is 6.32. The van der Waals surface area contributed by atoms with Gasteiger partial charge in [-0.3, -0.25) is 4.40 Å². The highest BCUT2D eigenvalue weighted by Crippen LogP contribution is 2.34. The minimum Gasteiger partial charge on any atom is -0.495 e. The van der Waals surface area contributed by atoms with Crippen molar-refractivity contribution < 1.29 is 4.74 Å². The van der Waals surface area contributed by atoms with Crippen LogP contribution in [0, 0.1) is 0 Å². The number of fused-ring (bicyclic) bond motifs is 1. The number of nitrogens with one attached hydrogen (secondary N) is 1. The lowest BCUT2D eigenvalue weighted by atomic mass is 10.2. The number of ether oxygens (including phenoxy) is 1. The lowest BCUT2D eigenvalue weighted by molar-refractivity contribution is 0.417. The molecule has 1 aliphatic heterocycles.